The molecule has 5 rings (SSSR count). The molecule has 0 saturated heterocycles. The van der Waals surface area contributed by atoms with Crippen molar-refractivity contribution < 1.29 is 4.79 Å². The molecule has 160 valence electrons. The van der Waals surface area contributed by atoms with Crippen LogP contribution in [0.25, 0.3) is 33.1 Å². The van der Waals surface area contributed by atoms with Crippen molar-refractivity contribution in [2.24, 2.45) is 0 Å². The van der Waals surface area contributed by atoms with Crippen LogP contribution in [0.15, 0.2) is 80.9 Å². The number of aromatic nitrogens is 2. The third kappa shape index (κ3) is 4.20. The average molecular weight is 522 g/mol. The first kappa shape index (κ1) is 21.2. The van der Waals surface area contributed by atoms with Crippen molar-refractivity contribution in [2.75, 3.05) is 11.1 Å². The van der Waals surface area contributed by atoms with Crippen molar-refractivity contribution in [3.05, 3.63) is 76.6 Å². The van der Waals surface area contributed by atoms with Gasteiger partial charge in [0, 0.05) is 49.5 Å². The summed E-state index contributed by atoms with van der Waals surface area (Å²) in [6, 6.07) is 22.6. The van der Waals surface area contributed by atoms with E-state index in [4.69, 9.17) is 0 Å². The van der Waals surface area contributed by atoms with Crippen LogP contribution in [0.4, 0.5) is 5.69 Å². The molecule has 0 spiro atoms. The van der Waals surface area contributed by atoms with Crippen LogP contribution in [0.1, 0.15) is 6.92 Å². The summed E-state index contributed by atoms with van der Waals surface area (Å²) in [5.41, 5.74) is 5.22. The molecule has 4 nitrogen and oxygen atoms in total. The number of thioether (sulfide) groups is 1. The van der Waals surface area contributed by atoms with E-state index in [2.05, 4.69) is 74.1 Å². The number of aryl methyl sites for hydroxylation is 1. The molecule has 0 fully saturated rings. The third-order valence-electron chi connectivity index (χ3n) is 5.32. The van der Waals surface area contributed by atoms with E-state index in [0.717, 1.165) is 37.7 Å². The van der Waals surface area contributed by atoms with Gasteiger partial charge in [-0.2, -0.15) is 0 Å². The molecule has 1 N–H and O–H groups in total. The molecular formula is C25H20BrN3OS2. The maximum atomic E-state index is 12.6. The number of hydrogen-bond donors (Lipinski definition) is 1. The zero-order chi connectivity index (χ0) is 22.1. The minimum absolute atomic E-state index is 0.0334. The number of carbonyl (C=O) groups is 1. The fourth-order valence-corrected chi connectivity index (χ4v) is 5.77. The van der Waals surface area contributed by atoms with E-state index in [9.17, 15) is 4.79 Å². The Hall–Kier alpha value is -2.61. The zero-order valence-corrected chi connectivity index (χ0v) is 20.6. The van der Waals surface area contributed by atoms with Gasteiger partial charge in [-0.3, -0.25) is 4.79 Å². The monoisotopic (exact) mass is 521 g/mol. The summed E-state index contributed by atoms with van der Waals surface area (Å²) < 4.78 is 4.23. The van der Waals surface area contributed by atoms with Gasteiger partial charge in [0.2, 0.25) is 5.91 Å². The Balaban J connectivity index is 1.28. The highest BCUT2D eigenvalue weighted by Crippen LogP contribution is 2.32. The molecule has 0 bridgehead atoms. The second kappa shape index (κ2) is 9.10. The highest BCUT2D eigenvalue weighted by Gasteiger charge is 2.12. The van der Waals surface area contributed by atoms with Crippen molar-refractivity contribution in [2.45, 2.75) is 17.8 Å². The van der Waals surface area contributed by atoms with Gasteiger partial charge in [-0.1, -0.05) is 58.0 Å². The fraction of sp³-hybridized carbons (Fsp3) is 0.120. The van der Waals surface area contributed by atoms with E-state index in [-0.39, 0.29) is 5.91 Å². The van der Waals surface area contributed by atoms with Crippen molar-refractivity contribution in [1.29, 1.82) is 0 Å². The van der Waals surface area contributed by atoms with Gasteiger partial charge < -0.3 is 9.88 Å². The first-order chi connectivity index (χ1) is 15.6. The van der Waals surface area contributed by atoms with Gasteiger partial charge in [-0.15, -0.1) is 11.3 Å². The summed E-state index contributed by atoms with van der Waals surface area (Å²) in [6.07, 6.45) is 0. The summed E-state index contributed by atoms with van der Waals surface area (Å²) >= 11 is 6.48. The molecule has 0 aliphatic rings. The normalized spacial score (nSPS) is 11.3. The second-order valence-corrected chi connectivity index (χ2v) is 10.3. The van der Waals surface area contributed by atoms with Crippen LogP contribution in [0, 0.1) is 0 Å². The fourth-order valence-electron chi connectivity index (χ4n) is 3.87. The molecule has 1 amide bonds. The number of anilines is 1. The molecule has 2 aromatic heterocycles. The Morgan fingerprint density at radius 2 is 1.84 bits per heavy atom. The minimum atomic E-state index is -0.0334. The Bertz CT molecular complexity index is 1420. The highest BCUT2D eigenvalue weighted by molar-refractivity contribution is 9.10. The topological polar surface area (TPSA) is 46.9 Å². The number of hydrogen-bond acceptors (Lipinski definition) is 4. The van der Waals surface area contributed by atoms with E-state index in [0.29, 0.717) is 5.75 Å². The Morgan fingerprint density at radius 1 is 1.06 bits per heavy atom. The third-order valence-corrected chi connectivity index (χ3v) is 7.87. The Kier molecular flexibility index (Phi) is 6.04. The molecular weight excluding hydrogens is 502 g/mol. The first-order valence-corrected chi connectivity index (χ1v) is 12.9. The van der Waals surface area contributed by atoms with Crippen molar-refractivity contribution in [3.8, 4) is 11.3 Å². The van der Waals surface area contributed by atoms with Gasteiger partial charge in [0.1, 0.15) is 0 Å². The average Bonchev–Trinajstić information content (AvgIpc) is 3.41. The van der Waals surface area contributed by atoms with Crippen LogP contribution >= 0.6 is 39.0 Å². The van der Waals surface area contributed by atoms with Crippen LogP contribution in [-0.2, 0) is 11.3 Å². The van der Waals surface area contributed by atoms with Gasteiger partial charge in [0.05, 0.1) is 11.4 Å². The second-order valence-electron chi connectivity index (χ2n) is 7.34. The quantitative estimate of drug-likeness (QED) is 0.236. The smallest absolute Gasteiger partial charge is 0.234 e. The maximum Gasteiger partial charge on any atom is 0.234 e. The van der Waals surface area contributed by atoms with Crippen molar-refractivity contribution >= 4 is 72.4 Å². The van der Waals surface area contributed by atoms with Crippen LogP contribution < -0.4 is 5.32 Å². The number of nitrogens with one attached hydrogen (secondary N) is 1. The molecule has 0 aliphatic heterocycles. The molecule has 3 aromatic carbocycles. The van der Waals surface area contributed by atoms with E-state index >= 15 is 0 Å². The number of nitrogens with zero attached hydrogens (tertiary/aromatic N) is 2. The number of halogens is 1. The lowest BCUT2D eigenvalue weighted by molar-refractivity contribution is -0.113. The van der Waals surface area contributed by atoms with E-state index in [1.54, 1.807) is 11.3 Å². The number of carbonyl (C=O) groups excluding carboxylic acids is 1. The number of amides is 1. The summed E-state index contributed by atoms with van der Waals surface area (Å²) in [5, 5.41) is 7.44. The van der Waals surface area contributed by atoms with Crippen LogP contribution in [0.5, 0.6) is 0 Å². The summed E-state index contributed by atoms with van der Waals surface area (Å²) in [6.45, 7) is 3.06. The number of thiazole rings is 1. The predicted molar refractivity (Wildman–Crippen MR) is 140 cm³/mol. The van der Waals surface area contributed by atoms with Gasteiger partial charge in [0.15, 0.2) is 4.34 Å². The summed E-state index contributed by atoms with van der Waals surface area (Å²) in [5.74, 6) is 0.288. The first-order valence-electron chi connectivity index (χ1n) is 10.3. The van der Waals surface area contributed by atoms with E-state index in [1.807, 2.05) is 35.7 Å². The Morgan fingerprint density at radius 3 is 2.66 bits per heavy atom. The number of benzene rings is 3. The molecule has 0 radical (unpaired) electrons. The van der Waals surface area contributed by atoms with Gasteiger partial charge in [0.25, 0.3) is 0 Å². The van der Waals surface area contributed by atoms with Crippen LogP contribution in [0.3, 0.4) is 0 Å². The predicted octanol–water partition coefficient (Wildman–Crippen LogP) is 7.43. The van der Waals surface area contributed by atoms with Crippen LogP contribution in [0.2, 0.25) is 0 Å². The van der Waals surface area contributed by atoms with Gasteiger partial charge in [-0.25, -0.2) is 4.98 Å². The molecule has 5 aromatic rings. The lowest BCUT2D eigenvalue weighted by atomic mass is 10.1. The summed E-state index contributed by atoms with van der Waals surface area (Å²) in [4.78, 5) is 17.3. The van der Waals surface area contributed by atoms with Gasteiger partial charge >= 0.3 is 0 Å². The van der Waals surface area contributed by atoms with Crippen LogP contribution in [-0.4, -0.2) is 21.2 Å². The van der Waals surface area contributed by atoms with Gasteiger partial charge in [-0.05, 0) is 43.3 Å². The number of para-hydroxylation sites is 1. The molecule has 7 heteroatoms. The molecule has 2 heterocycles. The Labute approximate surface area is 202 Å². The minimum Gasteiger partial charge on any atom is -0.341 e. The van der Waals surface area contributed by atoms with E-state index in [1.165, 1.54) is 28.2 Å². The van der Waals surface area contributed by atoms with Crippen molar-refractivity contribution in [1.82, 2.24) is 9.55 Å². The highest BCUT2D eigenvalue weighted by atomic mass is 79.9. The summed E-state index contributed by atoms with van der Waals surface area (Å²) in [7, 11) is 0. The molecule has 0 saturated carbocycles. The lowest BCUT2D eigenvalue weighted by Crippen LogP contribution is -2.13. The number of rotatable bonds is 6. The molecule has 32 heavy (non-hydrogen) atoms. The largest absolute Gasteiger partial charge is 0.341 e. The standard InChI is InChI=1S/C25H20BrN3OS2/c1-2-29-22-6-4-3-5-19(22)20-13-18(11-12-23(20)29)27-24(30)15-32-25-28-21(14-31-25)16-7-9-17(26)10-8-16/h3-14H,2,15H2,1H3,(H,27,30). The van der Waals surface area contributed by atoms with E-state index < -0.39 is 0 Å². The molecule has 0 unspecified atom stereocenters. The SMILES string of the molecule is CCn1c2ccccc2c2cc(NC(=O)CSc3nc(-c4ccc(Br)cc4)cs3)ccc21. The maximum absolute atomic E-state index is 12.6. The zero-order valence-electron chi connectivity index (χ0n) is 17.3. The molecule has 0 atom stereocenters. The van der Waals surface area contributed by atoms with Crippen molar-refractivity contribution in [3.63, 3.8) is 0 Å². The number of fused-ring (bicyclic) bond motifs is 3. The molecule has 0 aliphatic carbocycles. The lowest BCUT2D eigenvalue weighted by Gasteiger charge is -2.06.